The Morgan fingerprint density at radius 3 is 2.67 bits per heavy atom. The second-order valence-corrected chi connectivity index (χ2v) is 6.64. The van der Waals surface area contributed by atoms with Gasteiger partial charge in [-0.15, -0.1) is 0 Å². The van der Waals surface area contributed by atoms with Gasteiger partial charge in [0.1, 0.15) is 0 Å². The van der Waals surface area contributed by atoms with Crippen LogP contribution < -0.4 is 5.32 Å². The molecule has 1 heterocycles. The van der Waals surface area contributed by atoms with E-state index in [1.54, 1.807) is 0 Å². The fourth-order valence-electron chi connectivity index (χ4n) is 2.66. The standard InChI is InChI=1S/C15H27N3/c1-15(2,3)17-10-14-9-16-12-18(14)11-13-7-5-4-6-8-13/h9,12-13,17H,4-8,10-11H2,1-3H3. The van der Waals surface area contributed by atoms with Crippen LogP contribution >= 0.6 is 0 Å². The lowest BCUT2D eigenvalue weighted by atomic mass is 9.89. The van der Waals surface area contributed by atoms with Crippen LogP contribution in [0.2, 0.25) is 0 Å². The lowest BCUT2D eigenvalue weighted by Crippen LogP contribution is -2.35. The molecule has 0 aromatic carbocycles. The molecule has 1 N–H and O–H groups in total. The Bertz CT molecular complexity index is 356. The van der Waals surface area contributed by atoms with Crippen LogP contribution in [0.4, 0.5) is 0 Å². The van der Waals surface area contributed by atoms with Crippen molar-refractivity contribution in [2.75, 3.05) is 0 Å². The van der Waals surface area contributed by atoms with Crippen LogP contribution in [-0.2, 0) is 13.1 Å². The molecule has 3 nitrogen and oxygen atoms in total. The summed E-state index contributed by atoms with van der Waals surface area (Å²) in [6, 6.07) is 0. The largest absolute Gasteiger partial charge is 0.333 e. The summed E-state index contributed by atoms with van der Waals surface area (Å²) >= 11 is 0. The van der Waals surface area contributed by atoms with Crippen molar-refractivity contribution in [1.29, 1.82) is 0 Å². The van der Waals surface area contributed by atoms with Gasteiger partial charge in [-0.3, -0.25) is 0 Å². The van der Waals surface area contributed by atoms with Gasteiger partial charge in [-0.1, -0.05) is 19.3 Å². The van der Waals surface area contributed by atoms with Gasteiger partial charge in [0.05, 0.1) is 12.0 Å². The van der Waals surface area contributed by atoms with Crippen molar-refractivity contribution in [2.24, 2.45) is 5.92 Å². The van der Waals surface area contributed by atoms with Crippen molar-refractivity contribution in [3.05, 3.63) is 18.2 Å². The molecule has 1 aromatic heterocycles. The predicted octanol–water partition coefficient (Wildman–Crippen LogP) is 3.35. The van der Waals surface area contributed by atoms with E-state index in [1.165, 1.54) is 37.8 Å². The third kappa shape index (κ3) is 4.13. The van der Waals surface area contributed by atoms with Gasteiger partial charge in [-0.05, 0) is 39.5 Å². The number of nitrogens with zero attached hydrogens (tertiary/aromatic N) is 2. The molecule has 0 amide bonds. The highest BCUT2D eigenvalue weighted by Crippen LogP contribution is 2.25. The Morgan fingerprint density at radius 1 is 1.28 bits per heavy atom. The number of aromatic nitrogens is 2. The van der Waals surface area contributed by atoms with Crippen molar-refractivity contribution < 1.29 is 0 Å². The van der Waals surface area contributed by atoms with Gasteiger partial charge in [-0.25, -0.2) is 4.98 Å². The average molecular weight is 249 g/mol. The van der Waals surface area contributed by atoms with E-state index in [1.807, 2.05) is 12.5 Å². The smallest absolute Gasteiger partial charge is 0.0948 e. The van der Waals surface area contributed by atoms with Crippen molar-refractivity contribution >= 4 is 0 Å². The molecule has 0 bridgehead atoms. The van der Waals surface area contributed by atoms with E-state index >= 15 is 0 Å². The highest BCUT2D eigenvalue weighted by atomic mass is 15.1. The second-order valence-electron chi connectivity index (χ2n) is 6.64. The van der Waals surface area contributed by atoms with E-state index in [-0.39, 0.29) is 5.54 Å². The van der Waals surface area contributed by atoms with Crippen LogP contribution in [0, 0.1) is 5.92 Å². The summed E-state index contributed by atoms with van der Waals surface area (Å²) in [7, 11) is 0. The monoisotopic (exact) mass is 249 g/mol. The Kier molecular flexibility index (Phi) is 4.44. The zero-order valence-electron chi connectivity index (χ0n) is 12.1. The molecule has 0 saturated heterocycles. The first kappa shape index (κ1) is 13.6. The zero-order valence-corrected chi connectivity index (χ0v) is 12.1. The summed E-state index contributed by atoms with van der Waals surface area (Å²) in [6.07, 6.45) is 11.0. The van der Waals surface area contributed by atoms with Gasteiger partial charge in [0, 0.05) is 24.8 Å². The molecule has 18 heavy (non-hydrogen) atoms. The molecule has 3 heteroatoms. The zero-order chi connectivity index (χ0) is 13.0. The Morgan fingerprint density at radius 2 is 2.00 bits per heavy atom. The third-order valence-corrected chi connectivity index (χ3v) is 3.78. The second kappa shape index (κ2) is 5.87. The summed E-state index contributed by atoms with van der Waals surface area (Å²) in [4.78, 5) is 4.31. The SMILES string of the molecule is CC(C)(C)NCc1cncn1CC1CCCCC1. The highest BCUT2D eigenvalue weighted by Gasteiger charge is 2.16. The van der Waals surface area contributed by atoms with Crippen LogP contribution in [-0.4, -0.2) is 15.1 Å². The van der Waals surface area contributed by atoms with E-state index in [2.05, 4.69) is 35.6 Å². The van der Waals surface area contributed by atoms with Gasteiger partial charge in [0.15, 0.2) is 0 Å². The number of hydrogen-bond donors (Lipinski definition) is 1. The number of imidazole rings is 1. The molecule has 1 saturated carbocycles. The van der Waals surface area contributed by atoms with Crippen LogP contribution in [0.25, 0.3) is 0 Å². The summed E-state index contributed by atoms with van der Waals surface area (Å²) in [5.41, 5.74) is 1.48. The molecule has 1 aliphatic carbocycles. The molecular weight excluding hydrogens is 222 g/mol. The van der Waals surface area contributed by atoms with Crippen molar-refractivity contribution in [3.63, 3.8) is 0 Å². The molecule has 0 spiro atoms. The van der Waals surface area contributed by atoms with Crippen LogP contribution in [0.15, 0.2) is 12.5 Å². The molecule has 0 unspecified atom stereocenters. The first-order chi connectivity index (χ1) is 8.54. The molecule has 0 atom stereocenters. The Balaban J connectivity index is 1.90. The topological polar surface area (TPSA) is 29.9 Å². The Labute approximate surface area is 111 Å². The summed E-state index contributed by atoms with van der Waals surface area (Å²) in [6.45, 7) is 8.68. The van der Waals surface area contributed by atoms with E-state index in [0.29, 0.717) is 0 Å². The molecule has 0 radical (unpaired) electrons. The van der Waals surface area contributed by atoms with Crippen molar-refractivity contribution in [3.8, 4) is 0 Å². The maximum atomic E-state index is 4.31. The lowest BCUT2D eigenvalue weighted by molar-refractivity contribution is 0.313. The van der Waals surface area contributed by atoms with Crippen LogP contribution in [0.3, 0.4) is 0 Å². The Hall–Kier alpha value is -0.830. The fourth-order valence-corrected chi connectivity index (χ4v) is 2.66. The van der Waals surface area contributed by atoms with Gasteiger partial charge >= 0.3 is 0 Å². The number of hydrogen-bond acceptors (Lipinski definition) is 2. The van der Waals surface area contributed by atoms with Gasteiger partial charge in [-0.2, -0.15) is 0 Å². The van der Waals surface area contributed by atoms with Crippen molar-refractivity contribution in [2.45, 2.75) is 71.5 Å². The van der Waals surface area contributed by atoms with Crippen LogP contribution in [0.5, 0.6) is 0 Å². The third-order valence-electron chi connectivity index (χ3n) is 3.78. The minimum atomic E-state index is 0.167. The quantitative estimate of drug-likeness (QED) is 0.887. The minimum Gasteiger partial charge on any atom is -0.333 e. The fraction of sp³-hybridized carbons (Fsp3) is 0.800. The lowest BCUT2D eigenvalue weighted by Gasteiger charge is -2.24. The molecular formula is C15H27N3. The molecule has 102 valence electrons. The average Bonchev–Trinajstić information content (AvgIpc) is 2.74. The van der Waals surface area contributed by atoms with E-state index < -0.39 is 0 Å². The summed E-state index contributed by atoms with van der Waals surface area (Å²) in [5, 5.41) is 3.54. The maximum Gasteiger partial charge on any atom is 0.0948 e. The summed E-state index contributed by atoms with van der Waals surface area (Å²) in [5.74, 6) is 0.862. The first-order valence-electron chi connectivity index (χ1n) is 7.28. The molecule has 0 aliphatic heterocycles. The molecule has 1 fully saturated rings. The highest BCUT2D eigenvalue weighted by molar-refractivity contribution is 4.99. The van der Waals surface area contributed by atoms with E-state index in [0.717, 1.165) is 19.0 Å². The first-order valence-corrected chi connectivity index (χ1v) is 7.28. The van der Waals surface area contributed by atoms with Crippen LogP contribution in [0.1, 0.15) is 58.6 Å². The van der Waals surface area contributed by atoms with Crippen molar-refractivity contribution in [1.82, 2.24) is 14.9 Å². The molecule has 1 aromatic rings. The van der Waals surface area contributed by atoms with Gasteiger partial charge in [0.2, 0.25) is 0 Å². The summed E-state index contributed by atoms with van der Waals surface area (Å²) < 4.78 is 2.34. The normalized spacial score (nSPS) is 18.2. The number of rotatable bonds is 4. The van der Waals surface area contributed by atoms with E-state index in [4.69, 9.17) is 0 Å². The van der Waals surface area contributed by atoms with E-state index in [9.17, 15) is 0 Å². The minimum absolute atomic E-state index is 0.167. The molecule has 2 rings (SSSR count). The maximum absolute atomic E-state index is 4.31. The van der Waals surface area contributed by atoms with Gasteiger partial charge < -0.3 is 9.88 Å². The predicted molar refractivity (Wildman–Crippen MR) is 75.4 cm³/mol. The van der Waals surface area contributed by atoms with Gasteiger partial charge in [0.25, 0.3) is 0 Å². The number of nitrogens with one attached hydrogen (secondary N) is 1. The molecule has 1 aliphatic rings.